The van der Waals surface area contributed by atoms with Gasteiger partial charge in [0.1, 0.15) is 0 Å². The molecule has 0 radical (unpaired) electrons. The van der Waals surface area contributed by atoms with Crippen LogP contribution in [0.15, 0.2) is 12.1 Å². The molecular weight excluding hydrogens is 272 g/mol. The van der Waals surface area contributed by atoms with Crippen LogP contribution in [-0.2, 0) is 0 Å². The van der Waals surface area contributed by atoms with Gasteiger partial charge in [-0.1, -0.05) is 12.1 Å². The van der Waals surface area contributed by atoms with Gasteiger partial charge in [0.25, 0.3) is 0 Å². The molecule has 112 valence electrons. The van der Waals surface area contributed by atoms with Crippen molar-refractivity contribution >= 4 is 11.6 Å². The number of aryl methyl sites for hydroxylation is 1. The van der Waals surface area contributed by atoms with Gasteiger partial charge in [-0.05, 0) is 74.9 Å². The maximum Gasteiger partial charge on any atom is 0.195 e. The Morgan fingerprint density at radius 1 is 0.545 bits per heavy atom. The molecule has 2 nitrogen and oxygen atoms in total. The van der Waals surface area contributed by atoms with Gasteiger partial charge in [0, 0.05) is 22.3 Å². The molecule has 0 aliphatic heterocycles. The summed E-state index contributed by atoms with van der Waals surface area (Å²) in [4.78, 5) is 26.1. The van der Waals surface area contributed by atoms with Gasteiger partial charge in [-0.3, -0.25) is 9.59 Å². The second-order valence-electron chi connectivity index (χ2n) is 6.34. The summed E-state index contributed by atoms with van der Waals surface area (Å²) in [7, 11) is 0. The van der Waals surface area contributed by atoms with Crippen molar-refractivity contribution in [2.24, 2.45) is 0 Å². The Hall–Kier alpha value is -2.22. The molecule has 2 aromatic rings. The molecule has 0 unspecified atom stereocenters. The maximum absolute atomic E-state index is 13.1. The van der Waals surface area contributed by atoms with Gasteiger partial charge in [-0.25, -0.2) is 0 Å². The molecule has 3 rings (SSSR count). The van der Waals surface area contributed by atoms with Crippen molar-refractivity contribution in [1.29, 1.82) is 0 Å². The molecule has 1 aliphatic rings. The number of fused-ring (bicyclic) bond motifs is 2. The third kappa shape index (κ3) is 1.67. The molecule has 0 amide bonds. The first-order chi connectivity index (χ1) is 10.3. The van der Waals surface area contributed by atoms with Gasteiger partial charge in [-0.2, -0.15) is 0 Å². The first-order valence-corrected chi connectivity index (χ1v) is 7.57. The summed E-state index contributed by atoms with van der Waals surface area (Å²) in [6, 6.07) is 3.72. The first kappa shape index (κ1) is 14.7. The lowest BCUT2D eigenvalue weighted by atomic mass is 9.75. The van der Waals surface area contributed by atoms with Crippen molar-refractivity contribution in [3.63, 3.8) is 0 Å². The zero-order chi connectivity index (χ0) is 16.3. The van der Waals surface area contributed by atoms with E-state index in [0.717, 1.165) is 33.4 Å². The Morgan fingerprint density at radius 2 is 1.05 bits per heavy atom. The molecule has 0 spiro atoms. The fourth-order valence-corrected chi connectivity index (χ4v) is 3.44. The highest BCUT2D eigenvalue weighted by Crippen LogP contribution is 2.36. The predicted molar refractivity (Wildman–Crippen MR) is 88.2 cm³/mol. The van der Waals surface area contributed by atoms with E-state index in [9.17, 15) is 9.59 Å². The lowest BCUT2D eigenvalue weighted by Gasteiger charge is -2.25. The highest BCUT2D eigenvalue weighted by molar-refractivity contribution is 6.30. The molecule has 1 aliphatic carbocycles. The van der Waals surface area contributed by atoms with Crippen LogP contribution in [0, 0.1) is 41.5 Å². The van der Waals surface area contributed by atoms with E-state index >= 15 is 0 Å². The monoisotopic (exact) mass is 292 g/mol. The van der Waals surface area contributed by atoms with Crippen LogP contribution in [-0.4, -0.2) is 11.6 Å². The van der Waals surface area contributed by atoms with Crippen molar-refractivity contribution in [2.45, 2.75) is 41.5 Å². The summed E-state index contributed by atoms with van der Waals surface area (Å²) < 4.78 is 0. The molecule has 0 fully saturated rings. The summed E-state index contributed by atoms with van der Waals surface area (Å²) in [6.07, 6.45) is 0. The SMILES string of the molecule is Cc1ccc2c(c1C)C(=O)c1c(C)c(C)c(C)c(C)c1C2=O. The molecular formula is C20H20O2. The maximum atomic E-state index is 13.1. The number of carbonyl (C=O) groups is 2. The number of hydrogen-bond donors (Lipinski definition) is 0. The highest BCUT2D eigenvalue weighted by atomic mass is 16.1. The smallest absolute Gasteiger partial charge is 0.195 e. The zero-order valence-corrected chi connectivity index (χ0v) is 14.0. The molecule has 2 heteroatoms. The fourth-order valence-electron chi connectivity index (χ4n) is 3.44. The number of benzene rings is 2. The van der Waals surface area contributed by atoms with Crippen LogP contribution in [0.4, 0.5) is 0 Å². The molecule has 0 heterocycles. The van der Waals surface area contributed by atoms with Crippen LogP contribution in [0.5, 0.6) is 0 Å². The Morgan fingerprint density at radius 3 is 1.59 bits per heavy atom. The van der Waals surface area contributed by atoms with Crippen LogP contribution in [0.3, 0.4) is 0 Å². The Kier molecular flexibility index (Phi) is 3.10. The van der Waals surface area contributed by atoms with Crippen molar-refractivity contribution in [1.82, 2.24) is 0 Å². The largest absolute Gasteiger partial charge is 0.289 e. The highest BCUT2D eigenvalue weighted by Gasteiger charge is 2.34. The van der Waals surface area contributed by atoms with E-state index in [1.807, 2.05) is 47.6 Å². The van der Waals surface area contributed by atoms with Gasteiger partial charge >= 0.3 is 0 Å². The quantitative estimate of drug-likeness (QED) is 0.618. The van der Waals surface area contributed by atoms with Crippen LogP contribution in [0.1, 0.15) is 65.2 Å². The minimum Gasteiger partial charge on any atom is -0.289 e. The van der Waals surface area contributed by atoms with Gasteiger partial charge < -0.3 is 0 Å². The average molecular weight is 292 g/mol. The van der Waals surface area contributed by atoms with Gasteiger partial charge in [-0.15, -0.1) is 0 Å². The number of hydrogen-bond acceptors (Lipinski definition) is 2. The summed E-state index contributed by atoms with van der Waals surface area (Å²) in [5.74, 6) is -0.0223. The molecule has 0 saturated heterocycles. The van der Waals surface area contributed by atoms with E-state index in [-0.39, 0.29) is 11.6 Å². The summed E-state index contributed by atoms with van der Waals surface area (Å²) in [6.45, 7) is 11.8. The van der Waals surface area contributed by atoms with Crippen LogP contribution in [0.2, 0.25) is 0 Å². The van der Waals surface area contributed by atoms with Gasteiger partial charge in [0.2, 0.25) is 0 Å². The first-order valence-electron chi connectivity index (χ1n) is 7.57. The summed E-state index contributed by atoms with van der Waals surface area (Å²) in [5, 5.41) is 0. The second kappa shape index (κ2) is 4.64. The van der Waals surface area contributed by atoms with Crippen molar-refractivity contribution in [3.8, 4) is 0 Å². The van der Waals surface area contributed by atoms with Crippen LogP contribution >= 0.6 is 0 Å². The molecule has 0 aromatic heterocycles. The lowest BCUT2D eigenvalue weighted by Crippen LogP contribution is -2.25. The third-order valence-corrected chi connectivity index (χ3v) is 5.35. The van der Waals surface area contributed by atoms with E-state index in [0.29, 0.717) is 22.3 Å². The second-order valence-corrected chi connectivity index (χ2v) is 6.34. The molecule has 0 saturated carbocycles. The normalized spacial score (nSPS) is 13.2. The summed E-state index contributed by atoms with van der Waals surface area (Å²) >= 11 is 0. The molecule has 0 N–H and O–H groups in total. The summed E-state index contributed by atoms with van der Waals surface area (Å²) in [5.41, 5.74) is 8.36. The Balaban J connectivity index is 2.47. The van der Waals surface area contributed by atoms with Crippen LogP contribution in [0.25, 0.3) is 0 Å². The number of rotatable bonds is 0. The number of ketones is 2. The standard InChI is InChI=1S/C20H20O2/c1-9-7-8-15-16(10(9)2)20(22)18-14(6)12(4)11(3)13(5)17(18)19(15)21/h7-8H,1-6H3. The van der Waals surface area contributed by atoms with E-state index in [1.165, 1.54) is 0 Å². The molecule has 0 bridgehead atoms. The van der Waals surface area contributed by atoms with Crippen LogP contribution < -0.4 is 0 Å². The molecule has 2 aromatic carbocycles. The van der Waals surface area contributed by atoms with Crippen molar-refractivity contribution in [2.75, 3.05) is 0 Å². The van der Waals surface area contributed by atoms with Crippen molar-refractivity contribution in [3.05, 3.63) is 67.8 Å². The topological polar surface area (TPSA) is 34.1 Å². The van der Waals surface area contributed by atoms with Gasteiger partial charge in [0.05, 0.1) is 0 Å². The Labute approximate surface area is 131 Å². The van der Waals surface area contributed by atoms with E-state index in [4.69, 9.17) is 0 Å². The van der Waals surface area contributed by atoms with E-state index in [2.05, 4.69) is 0 Å². The molecule has 0 atom stereocenters. The average Bonchev–Trinajstić information content (AvgIpc) is 2.49. The third-order valence-electron chi connectivity index (χ3n) is 5.35. The van der Waals surface area contributed by atoms with Crippen molar-refractivity contribution < 1.29 is 9.59 Å². The van der Waals surface area contributed by atoms with Gasteiger partial charge in [0.15, 0.2) is 11.6 Å². The lowest BCUT2D eigenvalue weighted by molar-refractivity contribution is 0.0977. The zero-order valence-electron chi connectivity index (χ0n) is 14.0. The minimum absolute atomic E-state index is 0.00509. The Bertz CT molecular complexity index is 870. The van der Waals surface area contributed by atoms with E-state index < -0.39 is 0 Å². The fraction of sp³-hybridized carbons (Fsp3) is 0.300. The van der Waals surface area contributed by atoms with E-state index in [1.54, 1.807) is 6.07 Å². The predicted octanol–water partition coefficient (Wildman–Crippen LogP) is 4.31. The molecule has 22 heavy (non-hydrogen) atoms. The number of carbonyl (C=O) groups excluding carboxylic acids is 2. The minimum atomic E-state index is -0.0172.